The van der Waals surface area contributed by atoms with E-state index in [0.717, 1.165) is 60.2 Å². The molecule has 2 N–H and O–H groups in total. The van der Waals surface area contributed by atoms with Crippen LogP contribution < -0.4 is 15.4 Å². The summed E-state index contributed by atoms with van der Waals surface area (Å²) in [6.07, 6.45) is 2.36. The minimum Gasteiger partial charge on any atom is -0.492 e. The Kier molecular flexibility index (Phi) is 9.30. The van der Waals surface area contributed by atoms with Gasteiger partial charge in [-0.1, -0.05) is 54.6 Å². The summed E-state index contributed by atoms with van der Waals surface area (Å²) < 4.78 is 11.4. The molecule has 1 fully saturated rings. The van der Waals surface area contributed by atoms with Crippen molar-refractivity contribution in [3.8, 4) is 5.75 Å². The first kappa shape index (κ1) is 25.7. The number of carbonyl (C=O) groups excluding carboxylic acids is 2. The molecule has 0 aliphatic carbocycles. The van der Waals surface area contributed by atoms with E-state index < -0.39 is 0 Å². The lowest BCUT2D eigenvalue weighted by molar-refractivity contribution is -0.125. The van der Waals surface area contributed by atoms with Gasteiger partial charge < -0.3 is 20.1 Å². The van der Waals surface area contributed by atoms with Crippen LogP contribution in [0.5, 0.6) is 5.75 Å². The maximum Gasteiger partial charge on any atom is 0.239 e. The number of fused-ring (bicyclic) bond motifs is 1. The molecule has 0 saturated carbocycles. The average Bonchev–Trinajstić information content (AvgIpc) is 2.91. The maximum absolute atomic E-state index is 12.4. The number of ether oxygens (including phenoxy) is 2. The summed E-state index contributed by atoms with van der Waals surface area (Å²) in [6.45, 7) is 3.43. The van der Waals surface area contributed by atoms with E-state index in [1.807, 2.05) is 66.7 Å². The summed E-state index contributed by atoms with van der Waals surface area (Å²) in [4.78, 5) is 27.0. The van der Waals surface area contributed by atoms with Gasteiger partial charge in [-0.25, -0.2) is 0 Å². The highest BCUT2D eigenvalue weighted by atomic mass is 16.5. The van der Waals surface area contributed by atoms with Crippen LogP contribution in [0, 0.1) is 0 Å². The molecular weight excluding hydrogens is 454 g/mol. The summed E-state index contributed by atoms with van der Waals surface area (Å²) in [5.74, 6) is 0.374. The Bertz CT molecular complexity index is 1150. The van der Waals surface area contributed by atoms with Gasteiger partial charge in [-0.05, 0) is 53.9 Å². The monoisotopic (exact) mass is 489 g/mol. The smallest absolute Gasteiger partial charge is 0.239 e. The summed E-state index contributed by atoms with van der Waals surface area (Å²) in [6, 6.07) is 22.2. The van der Waals surface area contributed by atoms with Crippen molar-refractivity contribution in [2.45, 2.75) is 31.8 Å². The lowest BCUT2D eigenvalue weighted by atomic mass is 10.0. The number of rotatable bonds is 11. The second kappa shape index (κ2) is 13.0. The van der Waals surface area contributed by atoms with Gasteiger partial charge in [0.05, 0.1) is 13.0 Å². The molecule has 3 aromatic carbocycles. The molecule has 1 aliphatic rings. The van der Waals surface area contributed by atoms with Crippen LogP contribution in [0.25, 0.3) is 10.8 Å². The Morgan fingerprint density at radius 2 is 1.75 bits per heavy atom. The van der Waals surface area contributed by atoms with E-state index in [1.165, 1.54) is 0 Å². The molecule has 1 aliphatic heterocycles. The molecule has 36 heavy (non-hydrogen) atoms. The van der Waals surface area contributed by atoms with Crippen LogP contribution in [0.2, 0.25) is 0 Å². The molecule has 0 spiro atoms. The first-order chi connectivity index (χ1) is 17.6. The first-order valence-electron chi connectivity index (χ1n) is 12.6. The minimum absolute atomic E-state index is 0.0572. The Morgan fingerprint density at radius 1 is 0.972 bits per heavy atom. The van der Waals surface area contributed by atoms with Gasteiger partial charge in [0.1, 0.15) is 12.4 Å². The Balaban J connectivity index is 1.17. The number of nitrogens with zero attached hydrogens (tertiary/aromatic N) is 1. The molecule has 0 atom stereocenters. The van der Waals surface area contributed by atoms with Crippen molar-refractivity contribution in [3.05, 3.63) is 77.9 Å². The van der Waals surface area contributed by atoms with Crippen molar-refractivity contribution in [2.75, 3.05) is 40.0 Å². The van der Waals surface area contributed by atoms with Gasteiger partial charge in [0, 0.05) is 32.3 Å². The third-order valence-corrected chi connectivity index (χ3v) is 6.59. The van der Waals surface area contributed by atoms with Crippen molar-refractivity contribution >= 4 is 22.6 Å². The van der Waals surface area contributed by atoms with Crippen molar-refractivity contribution in [3.63, 3.8) is 0 Å². The molecule has 0 bridgehead atoms. The molecule has 7 nitrogen and oxygen atoms in total. The number of amides is 2. The molecule has 1 heterocycles. The van der Waals surface area contributed by atoms with E-state index in [4.69, 9.17) is 9.47 Å². The number of carbonyl (C=O) groups is 2. The highest BCUT2D eigenvalue weighted by molar-refractivity contribution is 5.91. The number of likely N-dealkylation sites (N-methyl/N-ethyl adjacent to an activating group) is 1. The SMILES string of the molecule is CN(CCOc1cccc(CNC(=O)CNC(=O)Cc2cccc3ccccc23)c1)C1CCOCC1. The van der Waals surface area contributed by atoms with Crippen LogP contribution in [-0.2, 0) is 27.3 Å². The number of benzene rings is 3. The van der Waals surface area contributed by atoms with Crippen LogP contribution >= 0.6 is 0 Å². The van der Waals surface area contributed by atoms with E-state index in [9.17, 15) is 9.59 Å². The van der Waals surface area contributed by atoms with Gasteiger partial charge >= 0.3 is 0 Å². The molecule has 3 aromatic rings. The van der Waals surface area contributed by atoms with E-state index >= 15 is 0 Å². The third-order valence-electron chi connectivity index (χ3n) is 6.59. The molecule has 0 radical (unpaired) electrons. The molecule has 7 heteroatoms. The lowest BCUT2D eigenvalue weighted by Gasteiger charge is -2.31. The van der Waals surface area contributed by atoms with Gasteiger partial charge in [-0.3, -0.25) is 14.5 Å². The van der Waals surface area contributed by atoms with Gasteiger partial charge in [0.25, 0.3) is 0 Å². The molecule has 2 amide bonds. The largest absolute Gasteiger partial charge is 0.492 e. The van der Waals surface area contributed by atoms with Crippen molar-refractivity contribution in [2.24, 2.45) is 0 Å². The van der Waals surface area contributed by atoms with E-state index in [0.29, 0.717) is 19.2 Å². The fourth-order valence-electron chi connectivity index (χ4n) is 4.49. The standard InChI is InChI=1S/C29H35N3O4/c1-32(25-12-15-35-16-13-25)14-17-36-26-10-4-6-22(18-26)20-30-29(34)21-31-28(33)19-24-9-5-8-23-7-2-3-11-27(23)24/h2-11,18,25H,12-17,19-21H2,1H3,(H,30,34)(H,31,33). The normalized spacial score (nSPS) is 14.1. The summed E-state index contributed by atoms with van der Waals surface area (Å²) in [5, 5.41) is 7.73. The average molecular weight is 490 g/mol. The summed E-state index contributed by atoms with van der Waals surface area (Å²) in [5.41, 5.74) is 1.89. The molecule has 4 rings (SSSR count). The van der Waals surface area contributed by atoms with E-state index in [1.54, 1.807) is 0 Å². The number of nitrogens with one attached hydrogen (secondary N) is 2. The predicted molar refractivity (Wildman–Crippen MR) is 141 cm³/mol. The lowest BCUT2D eigenvalue weighted by Crippen LogP contribution is -2.38. The van der Waals surface area contributed by atoms with Gasteiger partial charge in [0.2, 0.25) is 11.8 Å². The zero-order valence-electron chi connectivity index (χ0n) is 20.9. The maximum atomic E-state index is 12.4. The summed E-state index contributed by atoms with van der Waals surface area (Å²) >= 11 is 0. The molecule has 190 valence electrons. The fraction of sp³-hybridized carbons (Fsp3) is 0.379. The van der Waals surface area contributed by atoms with E-state index in [-0.39, 0.29) is 24.8 Å². The second-order valence-electron chi connectivity index (χ2n) is 9.19. The third kappa shape index (κ3) is 7.54. The van der Waals surface area contributed by atoms with Crippen LogP contribution in [-0.4, -0.2) is 62.7 Å². The van der Waals surface area contributed by atoms with Crippen LogP contribution in [0.1, 0.15) is 24.0 Å². The second-order valence-corrected chi connectivity index (χ2v) is 9.19. The van der Waals surface area contributed by atoms with Crippen molar-refractivity contribution in [1.29, 1.82) is 0 Å². The zero-order chi connectivity index (χ0) is 25.2. The molecule has 0 unspecified atom stereocenters. The highest BCUT2D eigenvalue weighted by Gasteiger charge is 2.18. The predicted octanol–water partition coefficient (Wildman–Crippen LogP) is 3.30. The van der Waals surface area contributed by atoms with Gasteiger partial charge in [-0.15, -0.1) is 0 Å². The number of hydrogen-bond acceptors (Lipinski definition) is 5. The summed E-state index contributed by atoms with van der Waals surface area (Å²) in [7, 11) is 2.13. The van der Waals surface area contributed by atoms with Crippen LogP contribution in [0.3, 0.4) is 0 Å². The van der Waals surface area contributed by atoms with Crippen molar-refractivity contribution in [1.82, 2.24) is 15.5 Å². The quantitative estimate of drug-likeness (QED) is 0.432. The fourth-order valence-corrected chi connectivity index (χ4v) is 4.49. The highest BCUT2D eigenvalue weighted by Crippen LogP contribution is 2.19. The Morgan fingerprint density at radius 3 is 2.61 bits per heavy atom. The Hall–Kier alpha value is -3.42. The zero-order valence-corrected chi connectivity index (χ0v) is 20.9. The number of hydrogen-bond donors (Lipinski definition) is 2. The van der Waals surface area contributed by atoms with Crippen LogP contribution in [0.15, 0.2) is 66.7 Å². The van der Waals surface area contributed by atoms with Gasteiger partial charge in [0.15, 0.2) is 0 Å². The minimum atomic E-state index is -0.231. The first-order valence-corrected chi connectivity index (χ1v) is 12.6. The Labute approximate surface area is 212 Å². The topological polar surface area (TPSA) is 79.9 Å². The van der Waals surface area contributed by atoms with Gasteiger partial charge in [-0.2, -0.15) is 0 Å². The van der Waals surface area contributed by atoms with Crippen LogP contribution in [0.4, 0.5) is 0 Å². The molecular formula is C29H35N3O4. The molecule has 0 aromatic heterocycles. The van der Waals surface area contributed by atoms with E-state index in [2.05, 4.69) is 22.6 Å². The molecule has 1 saturated heterocycles. The van der Waals surface area contributed by atoms with Crippen molar-refractivity contribution < 1.29 is 19.1 Å².